The molecular formula is C11H17ClFN3O. The molecule has 0 aliphatic rings. The fraction of sp³-hybridized carbons (Fsp3) is 0.455. The van der Waals surface area contributed by atoms with E-state index in [1.807, 2.05) is 13.8 Å². The molecule has 5 N–H and O–H groups in total. The maximum atomic E-state index is 14.0. The Kier molecular flexibility index (Phi) is 4.42. The van der Waals surface area contributed by atoms with Crippen LogP contribution in [-0.4, -0.2) is 24.3 Å². The molecule has 0 unspecified atom stereocenters. The lowest BCUT2D eigenvalue weighted by atomic mass is 10.1. The molecular weight excluding hydrogens is 245 g/mol. The van der Waals surface area contributed by atoms with Crippen molar-refractivity contribution in [2.45, 2.75) is 19.9 Å². The van der Waals surface area contributed by atoms with Gasteiger partial charge in [-0.1, -0.05) is 11.6 Å². The molecule has 0 spiro atoms. The Bertz CT molecular complexity index is 412. The van der Waals surface area contributed by atoms with Crippen LogP contribution in [0.5, 0.6) is 0 Å². The molecule has 0 aliphatic carbocycles. The van der Waals surface area contributed by atoms with Crippen LogP contribution >= 0.6 is 11.6 Å². The largest absolute Gasteiger partial charge is 0.397 e. The number of nitrogen functional groups attached to an aromatic ring is 2. The van der Waals surface area contributed by atoms with Crippen LogP contribution in [0.4, 0.5) is 21.5 Å². The van der Waals surface area contributed by atoms with E-state index >= 15 is 0 Å². The van der Waals surface area contributed by atoms with Gasteiger partial charge >= 0.3 is 0 Å². The van der Waals surface area contributed by atoms with Gasteiger partial charge in [0.2, 0.25) is 0 Å². The van der Waals surface area contributed by atoms with E-state index in [4.69, 9.17) is 28.2 Å². The normalized spacial score (nSPS) is 10.9. The van der Waals surface area contributed by atoms with E-state index < -0.39 is 5.82 Å². The van der Waals surface area contributed by atoms with E-state index in [9.17, 15) is 4.39 Å². The van der Waals surface area contributed by atoms with E-state index in [0.29, 0.717) is 0 Å². The second-order valence-corrected chi connectivity index (χ2v) is 4.42. The van der Waals surface area contributed by atoms with E-state index in [2.05, 4.69) is 0 Å². The smallest absolute Gasteiger partial charge is 0.169 e. The van der Waals surface area contributed by atoms with Crippen molar-refractivity contribution < 1.29 is 9.50 Å². The summed E-state index contributed by atoms with van der Waals surface area (Å²) in [4.78, 5) is 1.65. The third-order valence-corrected chi connectivity index (χ3v) is 2.87. The van der Waals surface area contributed by atoms with Crippen LogP contribution in [0.1, 0.15) is 13.8 Å². The molecule has 0 heterocycles. The Balaban J connectivity index is 3.32. The minimum absolute atomic E-state index is 0.0151. The van der Waals surface area contributed by atoms with Crippen molar-refractivity contribution in [3.8, 4) is 0 Å². The molecule has 96 valence electrons. The maximum Gasteiger partial charge on any atom is 0.169 e. The molecule has 0 radical (unpaired) electrons. The van der Waals surface area contributed by atoms with Gasteiger partial charge in [0.15, 0.2) is 5.82 Å². The van der Waals surface area contributed by atoms with Crippen LogP contribution < -0.4 is 16.4 Å². The van der Waals surface area contributed by atoms with Crippen LogP contribution in [0.3, 0.4) is 0 Å². The highest BCUT2D eigenvalue weighted by atomic mass is 35.5. The first-order valence-electron chi connectivity index (χ1n) is 5.30. The second kappa shape index (κ2) is 5.42. The molecule has 1 rings (SSSR count). The zero-order chi connectivity index (χ0) is 13.2. The molecule has 0 saturated heterocycles. The van der Waals surface area contributed by atoms with E-state index in [1.54, 1.807) is 4.90 Å². The number of hydrogen-bond acceptors (Lipinski definition) is 4. The SMILES string of the molecule is CC(C)N(CCO)c1c(N)cc(N)c(Cl)c1F. The van der Waals surface area contributed by atoms with Crippen LogP contribution in [0, 0.1) is 5.82 Å². The van der Waals surface area contributed by atoms with Crippen molar-refractivity contribution in [2.75, 3.05) is 29.5 Å². The van der Waals surface area contributed by atoms with Crippen LogP contribution in [-0.2, 0) is 0 Å². The lowest BCUT2D eigenvalue weighted by molar-refractivity contribution is 0.298. The first-order chi connectivity index (χ1) is 7.90. The summed E-state index contributed by atoms with van der Waals surface area (Å²) in [7, 11) is 0. The number of hydrogen-bond donors (Lipinski definition) is 3. The summed E-state index contributed by atoms with van der Waals surface area (Å²) in [6.07, 6.45) is 0. The monoisotopic (exact) mass is 261 g/mol. The second-order valence-electron chi connectivity index (χ2n) is 4.04. The standard InChI is InChI=1S/C11H17ClFN3O/c1-6(2)16(3-4-17)11-8(15)5-7(14)9(12)10(11)13/h5-6,17H,3-4,14-15H2,1-2H3. The quantitative estimate of drug-likeness (QED) is 0.723. The van der Waals surface area contributed by atoms with Gasteiger partial charge in [-0.2, -0.15) is 0 Å². The van der Waals surface area contributed by atoms with E-state index in [0.717, 1.165) is 0 Å². The summed E-state index contributed by atoms with van der Waals surface area (Å²) in [6.45, 7) is 3.93. The van der Waals surface area contributed by atoms with Crippen molar-refractivity contribution in [2.24, 2.45) is 0 Å². The first-order valence-corrected chi connectivity index (χ1v) is 5.68. The number of nitrogens with two attached hydrogens (primary N) is 2. The Morgan fingerprint density at radius 2 is 2.00 bits per heavy atom. The molecule has 6 heteroatoms. The van der Waals surface area contributed by atoms with Crippen molar-refractivity contribution in [3.63, 3.8) is 0 Å². The zero-order valence-corrected chi connectivity index (χ0v) is 10.6. The highest BCUT2D eigenvalue weighted by Gasteiger charge is 2.21. The Morgan fingerprint density at radius 3 is 2.47 bits per heavy atom. The molecule has 0 saturated carbocycles. The van der Waals surface area contributed by atoms with E-state index in [-0.39, 0.29) is 41.3 Å². The predicted octanol–water partition coefficient (Wildman–Crippen LogP) is 1.85. The highest BCUT2D eigenvalue weighted by molar-refractivity contribution is 6.33. The van der Waals surface area contributed by atoms with Gasteiger partial charge in [0.25, 0.3) is 0 Å². The van der Waals surface area contributed by atoms with Gasteiger partial charge in [-0.25, -0.2) is 4.39 Å². The van der Waals surface area contributed by atoms with Crippen LogP contribution in [0.15, 0.2) is 6.07 Å². The summed E-state index contributed by atoms with van der Waals surface area (Å²) in [5.74, 6) is -0.647. The number of aliphatic hydroxyl groups is 1. The lowest BCUT2D eigenvalue weighted by Crippen LogP contribution is -2.34. The average Bonchev–Trinajstić information content (AvgIpc) is 2.24. The Morgan fingerprint density at radius 1 is 1.41 bits per heavy atom. The van der Waals surface area contributed by atoms with Crippen LogP contribution in [0.2, 0.25) is 5.02 Å². The summed E-state index contributed by atoms with van der Waals surface area (Å²) in [5.41, 5.74) is 11.8. The van der Waals surface area contributed by atoms with Gasteiger partial charge in [0, 0.05) is 12.6 Å². The fourth-order valence-corrected chi connectivity index (χ4v) is 1.83. The van der Waals surface area contributed by atoms with Crippen molar-refractivity contribution >= 4 is 28.7 Å². The van der Waals surface area contributed by atoms with E-state index in [1.165, 1.54) is 6.07 Å². The third kappa shape index (κ3) is 2.73. The first kappa shape index (κ1) is 13.9. The average molecular weight is 262 g/mol. The van der Waals surface area contributed by atoms with Crippen LogP contribution in [0.25, 0.3) is 0 Å². The summed E-state index contributed by atoms with van der Waals surface area (Å²) in [6, 6.07) is 1.41. The molecule has 1 aromatic rings. The molecule has 0 fully saturated rings. The molecule has 0 amide bonds. The molecule has 17 heavy (non-hydrogen) atoms. The van der Waals surface area contributed by atoms with Gasteiger partial charge in [-0.05, 0) is 19.9 Å². The summed E-state index contributed by atoms with van der Waals surface area (Å²) in [5, 5.41) is 8.85. The van der Waals surface area contributed by atoms with Gasteiger partial charge in [0.05, 0.1) is 23.7 Å². The molecule has 0 aliphatic heterocycles. The summed E-state index contributed by atoms with van der Waals surface area (Å²) >= 11 is 5.76. The number of aliphatic hydroxyl groups excluding tert-OH is 1. The Hall–Kier alpha value is -1.20. The lowest BCUT2D eigenvalue weighted by Gasteiger charge is -2.30. The fourth-order valence-electron chi connectivity index (χ4n) is 1.68. The Labute approximate surface area is 105 Å². The number of anilines is 3. The molecule has 4 nitrogen and oxygen atoms in total. The van der Waals surface area contributed by atoms with Crippen molar-refractivity contribution in [1.29, 1.82) is 0 Å². The number of nitrogens with zero attached hydrogens (tertiary/aromatic N) is 1. The minimum atomic E-state index is -0.647. The molecule has 0 bridgehead atoms. The molecule has 0 atom stereocenters. The number of benzene rings is 1. The summed E-state index contributed by atoms with van der Waals surface area (Å²) < 4.78 is 14.0. The zero-order valence-electron chi connectivity index (χ0n) is 9.87. The van der Waals surface area contributed by atoms with Crippen molar-refractivity contribution in [3.05, 3.63) is 16.9 Å². The molecule has 0 aromatic heterocycles. The van der Waals surface area contributed by atoms with Gasteiger partial charge in [0.1, 0.15) is 5.02 Å². The highest BCUT2D eigenvalue weighted by Crippen LogP contribution is 2.36. The van der Waals surface area contributed by atoms with Gasteiger partial charge in [-0.15, -0.1) is 0 Å². The third-order valence-electron chi connectivity index (χ3n) is 2.49. The maximum absolute atomic E-state index is 14.0. The number of rotatable bonds is 4. The predicted molar refractivity (Wildman–Crippen MR) is 69.8 cm³/mol. The van der Waals surface area contributed by atoms with Gasteiger partial charge in [-0.3, -0.25) is 0 Å². The topological polar surface area (TPSA) is 75.5 Å². The molecule has 1 aromatic carbocycles. The van der Waals surface area contributed by atoms with Gasteiger partial charge < -0.3 is 21.5 Å². The van der Waals surface area contributed by atoms with Crippen molar-refractivity contribution in [1.82, 2.24) is 0 Å². The minimum Gasteiger partial charge on any atom is -0.397 e. The number of halogens is 2.